The molecule has 0 fully saturated rings. The summed E-state index contributed by atoms with van der Waals surface area (Å²) in [6.07, 6.45) is 6.38. The summed E-state index contributed by atoms with van der Waals surface area (Å²) in [6, 6.07) is 13.1. The molecule has 0 saturated heterocycles. The number of carbonyl (C=O) groups excluding carboxylic acids is 1. The minimum Gasteiger partial charge on any atom is -0.486 e. The van der Waals surface area contributed by atoms with Crippen molar-refractivity contribution in [1.29, 1.82) is 0 Å². The van der Waals surface area contributed by atoms with Crippen LogP contribution in [0.1, 0.15) is 5.56 Å². The number of carbonyl (C=O) groups is 1. The number of hydrogen-bond donors (Lipinski definition) is 1. The summed E-state index contributed by atoms with van der Waals surface area (Å²) in [7, 11) is 0. The first-order valence-corrected chi connectivity index (χ1v) is 9.52. The minimum absolute atomic E-state index is 0.158. The molecule has 8 nitrogen and oxygen atoms in total. The molecule has 0 aliphatic carbocycles. The van der Waals surface area contributed by atoms with E-state index >= 15 is 0 Å². The summed E-state index contributed by atoms with van der Waals surface area (Å²) < 4.78 is 24.0. The molecule has 0 spiro atoms. The predicted octanol–water partition coefficient (Wildman–Crippen LogP) is 3.10. The Morgan fingerprint density at radius 1 is 1.10 bits per heavy atom. The van der Waals surface area contributed by atoms with E-state index in [-0.39, 0.29) is 18.8 Å². The van der Waals surface area contributed by atoms with Crippen LogP contribution in [-0.4, -0.2) is 35.2 Å². The van der Waals surface area contributed by atoms with Crippen LogP contribution in [0.2, 0.25) is 0 Å². The zero-order valence-electron chi connectivity index (χ0n) is 16.0. The average Bonchev–Trinajstić information content (AvgIpc) is 3.41. The van der Waals surface area contributed by atoms with Crippen LogP contribution in [0.25, 0.3) is 6.08 Å². The summed E-state index contributed by atoms with van der Waals surface area (Å²) in [5.74, 6) is 2.60. The van der Waals surface area contributed by atoms with Crippen LogP contribution in [0, 0.1) is 0 Å². The van der Waals surface area contributed by atoms with Gasteiger partial charge in [-0.2, -0.15) is 5.10 Å². The number of nitrogens with one attached hydrogen (secondary N) is 1. The number of benzene rings is 2. The van der Waals surface area contributed by atoms with Crippen LogP contribution in [0.3, 0.4) is 0 Å². The van der Waals surface area contributed by atoms with E-state index in [0.29, 0.717) is 30.3 Å². The topological polar surface area (TPSA) is 83.8 Å². The molecule has 30 heavy (non-hydrogen) atoms. The largest absolute Gasteiger partial charge is 0.486 e. The monoisotopic (exact) mass is 405 g/mol. The maximum atomic E-state index is 12.2. The van der Waals surface area contributed by atoms with Crippen LogP contribution in [0.5, 0.6) is 23.0 Å². The number of hydrogen-bond acceptors (Lipinski definition) is 6. The molecule has 0 radical (unpaired) electrons. The molecule has 2 aliphatic heterocycles. The van der Waals surface area contributed by atoms with Crippen molar-refractivity contribution in [2.24, 2.45) is 0 Å². The Labute approximate surface area is 172 Å². The highest BCUT2D eigenvalue weighted by atomic mass is 16.7. The number of nitrogens with zero attached hydrogens (tertiary/aromatic N) is 2. The molecular formula is C22H19N3O5. The van der Waals surface area contributed by atoms with Gasteiger partial charge in [-0.25, -0.2) is 0 Å². The molecule has 8 heteroatoms. The molecule has 1 unspecified atom stereocenters. The van der Waals surface area contributed by atoms with Crippen LogP contribution >= 0.6 is 0 Å². The predicted molar refractivity (Wildman–Crippen MR) is 109 cm³/mol. The fourth-order valence-electron chi connectivity index (χ4n) is 3.26. The van der Waals surface area contributed by atoms with Crippen molar-refractivity contribution in [2.75, 3.05) is 18.7 Å². The van der Waals surface area contributed by atoms with E-state index in [1.54, 1.807) is 23.2 Å². The van der Waals surface area contributed by atoms with Crippen molar-refractivity contribution in [3.05, 3.63) is 66.5 Å². The molecule has 1 amide bonds. The second kappa shape index (κ2) is 7.82. The second-order valence-electron chi connectivity index (χ2n) is 6.88. The van der Waals surface area contributed by atoms with E-state index in [4.69, 9.17) is 18.9 Å². The van der Waals surface area contributed by atoms with E-state index in [1.165, 1.54) is 6.08 Å². The molecule has 3 heterocycles. The molecule has 2 aliphatic rings. The lowest BCUT2D eigenvalue weighted by molar-refractivity contribution is -0.111. The van der Waals surface area contributed by atoms with Crippen LogP contribution < -0.4 is 24.3 Å². The molecule has 1 atom stereocenters. The summed E-state index contributed by atoms with van der Waals surface area (Å²) >= 11 is 0. The number of aromatic nitrogens is 2. The van der Waals surface area contributed by atoms with Gasteiger partial charge in [0.1, 0.15) is 6.61 Å². The van der Waals surface area contributed by atoms with Crippen molar-refractivity contribution in [1.82, 2.24) is 9.78 Å². The van der Waals surface area contributed by atoms with E-state index in [0.717, 1.165) is 17.1 Å². The number of amides is 1. The number of ether oxygens (including phenoxy) is 4. The third-order valence-corrected chi connectivity index (χ3v) is 4.68. The molecule has 1 N–H and O–H groups in total. The summed E-state index contributed by atoms with van der Waals surface area (Å²) in [4.78, 5) is 12.2. The Bertz CT molecular complexity index is 1110. The first-order valence-electron chi connectivity index (χ1n) is 9.52. The highest BCUT2D eigenvalue weighted by Gasteiger charge is 2.21. The van der Waals surface area contributed by atoms with E-state index in [1.807, 2.05) is 42.5 Å². The highest BCUT2D eigenvalue weighted by Crippen LogP contribution is 2.33. The molecule has 152 valence electrons. The first-order chi connectivity index (χ1) is 14.7. The lowest BCUT2D eigenvalue weighted by Crippen LogP contribution is -2.33. The van der Waals surface area contributed by atoms with Gasteiger partial charge in [-0.15, -0.1) is 0 Å². The molecule has 0 bridgehead atoms. The Hall–Kier alpha value is -3.94. The number of anilines is 1. The maximum absolute atomic E-state index is 12.2. The van der Waals surface area contributed by atoms with Gasteiger partial charge in [0.15, 0.2) is 29.1 Å². The van der Waals surface area contributed by atoms with E-state index < -0.39 is 0 Å². The fourth-order valence-corrected chi connectivity index (χ4v) is 3.26. The van der Waals surface area contributed by atoms with E-state index in [2.05, 4.69) is 10.4 Å². The maximum Gasteiger partial charge on any atom is 0.248 e. The Morgan fingerprint density at radius 2 is 1.93 bits per heavy atom. The number of fused-ring (bicyclic) bond motifs is 2. The Balaban J connectivity index is 1.16. The highest BCUT2D eigenvalue weighted by molar-refractivity contribution is 6.01. The standard InChI is InChI=1S/C22H19N3O5/c26-22(8-6-15-5-7-19-21(9-15)29-14-28-19)24-16-10-23-25(11-16)12-17-13-27-18-3-1-2-4-20(18)30-17/h1-11,17H,12-14H2,(H,24,26)/b8-6+. The second-order valence-corrected chi connectivity index (χ2v) is 6.88. The normalized spacial score (nSPS) is 16.6. The lowest BCUT2D eigenvalue weighted by Gasteiger charge is -2.26. The zero-order chi connectivity index (χ0) is 20.3. The molecule has 0 saturated carbocycles. The number of rotatable bonds is 5. The molecule has 2 aromatic carbocycles. The van der Waals surface area contributed by atoms with Crippen LogP contribution in [0.4, 0.5) is 5.69 Å². The Kier molecular flexibility index (Phi) is 4.72. The first kappa shape index (κ1) is 18.1. The molecule has 1 aromatic heterocycles. The third-order valence-electron chi connectivity index (χ3n) is 4.68. The Morgan fingerprint density at radius 3 is 2.87 bits per heavy atom. The minimum atomic E-state index is -0.251. The summed E-state index contributed by atoms with van der Waals surface area (Å²) in [5.41, 5.74) is 1.45. The molecule has 3 aromatic rings. The molecule has 5 rings (SSSR count). The average molecular weight is 405 g/mol. The van der Waals surface area contributed by atoms with Crippen LogP contribution in [-0.2, 0) is 11.3 Å². The fraction of sp³-hybridized carbons (Fsp3) is 0.182. The lowest BCUT2D eigenvalue weighted by atomic mass is 10.2. The SMILES string of the molecule is O=C(/C=C/c1ccc2c(c1)OCO2)Nc1cnn(CC2COc3ccccc3O2)c1. The van der Waals surface area contributed by atoms with Gasteiger partial charge in [-0.05, 0) is 35.9 Å². The van der Waals surface area contributed by atoms with Gasteiger partial charge < -0.3 is 24.3 Å². The third kappa shape index (κ3) is 3.93. The quantitative estimate of drug-likeness (QED) is 0.657. The van der Waals surface area contributed by atoms with Gasteiger partial charge in [0.2, 0.25) is 12.7 Å². The van der Waals surface area contributed by atoms with Crippen molar-refractivity contribution >= 4 is 17.7 Å². The number of para-hydroxylation sites is 2. The summed E-state index contributed by atoms with van der Waals surface area (Å²) in [6.45, 7) is 1.17. The van der Waals surface area contributed by atoms with Gasteiger partial charge >= 0.3 is 0 Å². The van der Waals surface area contributed by atoms with Crippen molar-refractivity contribution in [3.63, 3.8) is 0 Å². The van der Waals surface area contributed by atoms with Gasteiger partial charge in [0.05, 0.1) is 18.4 Å². The summed E-state index contributed by atoms with van der Waals surface area (Å²) in [5, 5.41) is 7.09. The van der Waals surface area contributed by atoms with Crippen molar-refractivity contribution < 1.29 is 23.7 Å². The molecular weight excluding hydrogens is 386 g/mol. The zero-order valence-corrected chi connectivity index (χ0v) is 16.0. The van der Waals surface area contributed by atoms with Crippen molar-refractivity contribution in [3.8, 4) is 23.0 Å². The van der Waals surface area contributed by atoms with Gasteiger partial charge in [-0.1, -0.05) is 18.2 Å². The smallest absolute Gasteiger partial charge is 0.248 e. The van der Waals surface area contributed by atoms with Gasteiger partial charge in [0.25, 0.3) is 0 Å². The van der Waals surface area contributed by atoms with Crippen molar-refractivity contribution in [2.45, 2.75) is 12.6 Å². The van der Waals surface area contributed by atoms with E-state index in [9.17, 15) is 4.79 Å². The van der Waals surface area contributed by atoms with Gasteiger partial charge in [-0.3, -0.25) is 9.48 Å². The van der Waals surface area contributed by atoms with Crippen LogP contribution in [0.15, 0.2) is 60.9 Å². The van der Waals surface area contributed by atoms with Gasteiger partial charge in [0, 0.05) is 12.3 Å².